The average molecular weight is 705 g/mol. The third-order valence-electron chi connectivity index (χ3n) is 9.28. The summed E-state index contributed by atoms with van der Waals surface area (Å²) in [6.45, 7) is 0. The third-order valence-corrected chi connectivity index (χ3v) is 11.2. The van der Waals surface area contributed by atoms with Crippen molar-refractivity contribution in [2.75, 3.05) is 9.80 Å². The van der Waals surface area contributed by atoms with E-state index < -0.39 is 9.84 Å². The predicted octanol–water partition coefficient (Wildman–Crippen LogP) is 12.8. The summed E-state index contributed by atoms with van der Waals surface area (Å²) in [5.41, 5.74) is 8.46. The van der Waals surface area contributed by atoms with E-state index in [-0.39, 0.29) is 9.79 Å². The first-order chi connectivity index (χ1) is 26.1. The molecular formula is C48H36N2O2S. The van der Waals surface area contributed by atoms with Gasteiger partial charge < -0.3 is 9.80 Å². The van der Waals surface area contributed by atoms with Crippen molar-refractivity contribution in [3.63, 3.8) is 0 Å². The van der Waals surface area contributed by atoms with Gasteiger partial charge in [0.2, 0.25) is 9.84 Å². The minimum Gasteiger partial charge on any atom is -0.310 e. The summed E-state index contributed by atoms with van der Waals surface area (Å²) in [5.74, 6) is 0. The number of benzene rings is 8. The molecule has 8 aromatic carbocycles. The fraction of sp³-hybridized carbons (Fsp3) is 0. The van der Waals surface area contributed by atoms with Crippen LogP contribution in [-0.2, 0) is 9.84 Å². The van der Waals surface area contributed by atoms with E-state index in [1.54, 1.807) is 24.3 Å². The number of para-hydroxylation sites is 6. The van der Waals surface area contributed by atoms with Gasteiger partial charge in [0.15, 0.2) is 0 Å². The third kappa shape index (κ3) is 6.62. The van der Waals surface area contributed by atoms with Crippen molar-refractivity contribution in [3.05, 3.63) is 218 Å². The fourth-order valence-corrected chi connectivity index (χ4v) is 8.61. The lowest BCUT2D eigenvalue weighted by Crippen LogP contribution is -2.13. The van der Waals surface area contributed by atoms with Gasteiger partial charge in [0.05, 0.1) is 21.2 Å². The van der Waals surface area contributed by atoms with Crippen molar-refractivity contribution >= 4 is 44.0 Å². The highest BCUT2D eigenvalue weighted by Crippen LogP contribution is 2.46. The Morgan fingerprint density at radius 2 is 0.509 bits per heavy atom. The van der Waals surface area contributed by atoms with Gasteiger partial charge in [-0.25, -0.2) is 8.42 Å². The van der Waals surface area contributed by atoms with Crippen LogP contribution in [-0.4, -0.2) is 8.42 Å². The molecule has 8 rings (SSSR count). The molecule has 0 bridgehead atoms. The van der Waals surface area contributed by atoms with Crippen molar-refractivity contribution in [2.24, 2.45) is 0 Å². The van der Waals surface area contributed by atoms with Crippen molar-refractivity contribution in [3.8, 4) is 22.3 Å². The molecule has 0 heterocycles. The van der Waals surface area contributed by atoms with Crippen LogP contribution in [0.15, 0.2) is 228 Å². The number of nitrogens with zero attached hydrogens (tertiary/aromatic N) is 2. The van der Waals surface area contributed by atoms with Crippen LogP contribution >= 0.6 is 0 Å². The summed E-state index contributed by atoms with van der Waals surface area (Å²) in [7, 11) is -4.08. The summed E-state index contributed by atoms with van der Waals surface area (Å²) in [5, 5.41) is 0. The summed E-state index contributed by atoms with van der Waals surface area (Å²) >= 11 is 0. The van der Waals surface area contributed by atoms with E-state index in [0.29, 0.717) is 11.1 Å². The minimum absolute atomic E-state index is 0.237. The Kier molecular flexibility index (Phi) is 9.39. The maximum atomic E-state index is 15.2. The van der Waals surface area contributed by atoms with E-state index in [1.165, 1.54) is 0 Å². The van der Waals surface area contributed by atoms with E-state index in [4.69, 9.17) is 0 Å². The SMILES string of the molecule is O=S(=O)(c1ccccc1-c1ccccc1N(c1ccccc1)c1ccccc1)c1ccccc1-c1ccccc1N(c1ccccc1)c1ccccc1. The second-order valence-electron chi connectivity index (χ2n) is 12.5. The maximum Gasteiger partial charge on any atom is 0.207 e. The van der Waals surface area contributed by atoms with Crippen LogP contribution in [0.4, 0.5) is 34.1 Å². The van der Waals surface area contributed by atoms with Gasteiger partial charge in [0.1, 0.15) is 0 Å². The normalized spacial score (nSPS) is 11.2. The quantitative estimate of drug-likeness (QED) is 0.142. The molecule has 0 unspecified atom stereocenters. The smallest absolute Gasteiger partial charge is 0.207 e. The zero-order valence-corrected chi connectivity index (χ0v) is 29.7. The molecule has 4 nitrogen and oxygen atoms in total. The minimum atomic E-state index is -4.08. The van der Waals surface area contributed by atoms with Crippen molar-refractivity contribution in [1.29, 1.82) is 0 Å². The fourth-order valence-electron chi connectivity index (χ4n) is 6.92. The van der Waals surface area contributed by atoms with Gasteiger partial charge in [0.25, 0.3) is 0 Å². The molecule has 0 fully saturated rings. The molecule has 0 aromatic heterocycles. The highest BCUT2D eigenvalue weighted by atomic mass is 32.2. The Morgan fingerprint density at radius 3 is 0.830 bits per heavy atom. The van der Waals surface area contributed by atoms with E-state index in [1.807, 2.05) is 146 Å². The zero-order valence-electron chi connectivity index (χ0n) is 28.9. The van der Waals surface area contributed by atoms with E-state index in [2.05, 4.69) is 58.3 Å². The number of hydrogen-bond acceptors (Lipinski definition) is 4. The largest absolute Gasteiger partial charge is 0.310 e. The summed E-state index contributed by atoms with van der Waals surface area (Å²) < 4.78 is 30.5. The first kappa shape index (κ1) is 33.5. The van der Waals surface area contributed by atoms with Gasteiger partial charge in [-0.1, -0.05) is 146 Å². The molecule has 0 aliphatic rings. The van der Waals surface area contributed by atoms with Crippen LogP contribution in [0.25, 0.3) is 22.3 Å². The van der Waals surface area contributed by atoms with Gasteiger partial charge in [-0.15, -0.1) is 0 Å². The standard InChI is InChI=1S/C48H36N2O2S/c51-53(52,47-35-19-15-31-43(47)41-29-13-17-33-45(41)49(37-21-5-1-6-22-37)38-23-7-2-8-24-38)48-36-20-16-32-44(48)42-30-14-18-34-46(42)50(39-25-9-3-10-26-39)40-27-11-4-12-28-40/h1-36H. The van der Waals surface area contributed by atoms with Crippen LogP contribution in [0.5, 0.6) is 0 Å². The molecule has 256 valence electrons. The van der Waals surface area contributed by atoms with Crippen LogP contribution in [0, 0.1) is 0 Å². The molecule has 5 heteroatoms. The molecule has 0 aliphatic carbocycles. The first-order valence-electron chi connectivity index (χ1n) is 17.5. The highest BCUT2D eigenvalue weighted by Gasteiger charge is 2.28. The second-order valence-corrected chi connectivity index (χ2v) is 14.4. The predicted molar refractivity (Wildman–Crippen MR) is 219 cm³/mol. The molecule has 0 atom stereocenters. The van der Waals surface area contributed by atoms with E-state index in [9.17, 15) is 0 Å². The summed E-state index contributed by atoms with van der Waals surface area (Å²) in [4.78, 5) is 4.82. The van der Waals surface area contributed by atoms with Crippen LogP contribution in [0.2, 0.25) is 0 Å². The lowest BCUT2D eigenvalue weighted by atomic mass is 10.0. The Hall–Kier alpha value is -6.69. The molecule has 0 amide bonds. The summed E-state index contributed by atoms with van der Waals surface area (Å²) in [6.07, 6.45) is 0. The Bertz CT molecular complexity index is 2320. The van der Waals surface area contributed by atoms with Crippen LogP contribution in [0.1, 0.15) is 0 Å². The van der Waals surface area contributed by atoms with Crippen LogP contribution in [0.3, 0.4) is 0 Å². The number of rotatable bonds is 10. The van der Waals surface area contributed by atoms with Crippen molar-refractivity contribution in [2.45, 2.75) is 9.79 Å². The van der Waals surface area contributed by atoms with Gasteiger partial charge >= 0.3 is 0 Å². The van der Waals surface area contributed by atoms with E-state index >= 15 is 8.42 Å². The molecule has 0 aliphatic heterocycles. The van der Waals surface area contributed by atoms with E-state index in [0.717, 1.165) is 45.3 Å². The molecule has 0 spiro atoms. The molecular weight excluding hydrogens is 669 g/mol. The first-order valence-corrected chi connectivity index (χ1v) is 19.0. The monoisotopic (exact) mass is 704 g/mol. The molecule has 8 aromatic rings. The summed E-state index contributed by atoms with van der Waals surface area (Å²) in [6, 6.07) is 71.2. The van der Waals surface area contributed by atoms with Gasteiger partial charge in [0, 0.05) is 45.0 Å². The zero-order chi connectivity index (χ0) is 36.0. The second kappa shape index (κ2) is 14.9. The highest BCUT2D eigenvalue weighted by molar-refractivity contribution is 7.91. The number of anilines is 6. The lowest BCUT2D eigenvalue weighted by Gasteiger charge is -2.28. The van der Waals surface area contributed by atoms with Gasteiger partial charge in [-0.05, 0) is 72.8 Å². The molecule has 0 radical (unpaired) electrons. The number of sulfone groups is 1. The Morgan fingerprint density at radius 1 is 0.264 bits per heavy atom. The average Bonchev–Trinajstić information content (AvgIpc) is 3.23. The lowest BCUT2D eigenvalue weighted by molar-refractivity contribution is 0.596. The Balaban J connectivity index is 1.30. The van der Waals surface area contributed by atoms with Crippen LogP contribution < -0.4 is 9.80 Å². The molecule has 53 heavy (non-hydrogen) atoms. The van der Waals surface area contributed by atoms with Gasteiger partial charge in [-0.3, -0.25) is 0 Å². The molecule has 0 saturated carbocycles. The maximum absolute atomic E-state index is 15.2. The topological polar surface area (TPSA) is 40.6 Å². The molecule has 0 N–H and O–H groups in total. The Labute approximate surface area is 311 Å². The van der Waals surface area contributed by atoms with Crippen molar-refractivity contribution < 1.29 is 8.42 Å². The van der Waals surface area contributed by atoms with Crippen molar-refractivity contribution in [1.82, 2.24) is 0 Å². The number of hydrogen-bond donors (Lipinski definition) is 0. The van der Waals surface area contributed by atoms with Gasteiger partial charge in [-0.2, -0.15) is 0 Å². The molecule has 0 saturated heterocycles.